The second kappa shape index (κ2) is 3.40. The van der Waals surface area contributed by atoms with Crippen LogP contribution in [0.2, 0.25) is 0 Å². The van der Waals surface area contributed by atoms with E-state index in [0.29, 0.717) is 16.6 Å². The van der Waals surface area contributed by atoms with Crippen molar-refractivity contribution in [2.24, 2.45) is 0 Å². The molecule has 0 atom stereocenters. The number of aromatic nitrogens is 2. The number of hydrogen-bond donors (Lipinski definition) is 1. The van der Waals surface area contributed by atoms with E-state index in [9.17, 15) is 0 Å². The molecule has 2 aromatic rings. The van der Waals surface area contributed by atoms with Gasteiger partial charge in [0.05, 0.1) is 0 Å². The zero-order valence-corrected chi connectivity index (χ0v) is 7.49. The van der Waals surface area contributed by atoms with Crippen LogP contribution in [0, 0.1) is 0 Å². The zero-order chi connectivity index (χ0) is 9.10. The maximum absolute atomic E-state index is 5.57. The average Bonchev–Trinajstić information content (AvgIpc) is 2.57. The molecule has 0 saturated heterocycles. The van der Waals surface area contributed by atoms with Gasteiger partial charge < -0.3 is 10.5 Å². The Morgan fingerprint density at radius 2 is 2.31 bits per heavy atom. The molecule has 5 heteroatoms. The van der Waals surface area contributed by atoms with Crippen LogP contribution in [0.25, 0.3) is 0 Å². The summed E-state index contributed by atoms with van der Waals surface area (Å²) in [5, 5.41) is 0.519. The standard InChI is InChI=1S/C8H7N3OS/c9-6-2-1-3-7(4-6)12-8-10-5-11-13-8/h1-5H,9H2. The molecule has 1 heterocycles. The number of benzene rings is 1. The Labute approximate surface area is 79.2 Å². The Balaban J connectivity index is 2.19. The Morgan fingerprint density at radius 3 is 3.00 bits per heavy atom. The molecule has 0 fully saturated rings. The van der Waals surface area contributed by atoms with Crippen molar-refractivity contribution in [3.63, 3.8) is 0 Å². The van der Waals surface area contributed by atoms with E-state index in [1.807, 2.05) is 12.1 Å². The van der Waals surface area contributed by atoms with Gasteiger partial charge in [0.25, 0.3) is 5.19 Å². The average molecular weight is 193 g/mol. The van der Waals surface area contributed by atoms with Gasteiger partial charge in [0.15, 0.2) is 0 Å². The Bertz CT molecular complexity index is 388. The van der Waals surface area contributed by atoms with Crippen LogP contribution in [0.15, 0.2) is 30.6 Å². The van der Waals surface area contributed by atoms with E-state index in [1.165, 1.54) is 17.9 Å². The highest BCUT2D eigenvalue weighted by molar-refractivity contribution is 7.07. The van der Waals surface area contributed by atoms with Crippen LogP contribution in [0.1, 0.15) is 0 Å². The molecule has 1 aromatic carbocycles. The van der Waals surface area contributed by atoms with Gasteiger partial charge in [-0.15, -0.1) is 0 Å². The minimum Gasteiger partial charge on any atom is -0.430 e. The fourth-order valence-corrected chi connectivity index (χ4v) is 1.30. The molecule has 0 radical (unpaired) electrons. The van der Waals surface area contributed by atoms with Crippen molar-refractivity contribution in [3.05, 3.63) is 30.6 Å². The van der Waals surface area contributed by atoms with Crippen molar-refractivity contribution in [2.45, 2.75) is 0 Å². The SMILES string of the molecule is Nc1cccc(Oc2ncns2)c1. The first-order valence-corrected chi connectivity index (χ1v) is 4.42. The van der Waals surface area contributed by atoms with Gasteiger partial charge >= 0.3 is 0 Å². The van der Waals surface area contributed by atoms with Crippen LogP contribution >= 0.6 is 11.5 Å². The molecule has 2 rings (SSSR count). The molecule has 2 N–H and O–H groups in total. The summed E-state index contributed by atoms with van der Waals surface area (Å²) in [7, 11) is 0. The second-order valence-electron chi connectivity index (χ2n) is 2.38. The fourth-order valence-electron chi connectivity index (χ4n) is 0.887. The van der Waals surface area contributed by atoms with Gasteiger partial charge in [0.1, 0.15) is 12.1 Å². The van der Waals surface area contributed by atoms with Gasteiger partial charge in [0.2, 0.25) is 0 Å². The summed E-state index contributed by atoms with van der Waals surface area (Å²) in [5.74, 6) is 0.678. The van der Waals surface area contributed by atoms with Crippen molar-refractivity contribution >= 4 is 17.2 Å². The predicted octanol–water partition coefficient (Wildman–Crippen LogP) is 1.91. The Morgan fingerprint density at radius 1 is 1.38 bits per heavy atom. The summed E-state index contributed by atoms with van der Waals surface area (Å²) in [5.41, 5.74) is 6.24. The van der Waals surface area contributed by atoms with Gasteiger partial charge in [-0.05, 0) is 12.1 Å². The fraction of sp³-hybridized carbons (Fsp3) is 0. The highest BCUT2D eigenvalue weighted by atomic mass is 32.1. The van der Waals surface area contributed by atoms with E-state index in [-0.39, 0.29) is 0 Å². The van der Waals surface area contributed by atoms with E-state index in [1.54, 1.807) is 12.1 Å². The summed E-state index contributed by atoms with van der Waals surface area (Å²) in [6, 6.07) is 7.18. The van der Waals surface area contributed by atoms with Crippen LogP contribution in [0.5, 0.6) is 10.9 Å². The van der Waals surface area contributed by atoms with Gasteiger partial charge in [-0.3, -0.25) is 0 Å². The molecule has 0 spiro atoms. The molecule has 0 aliphatic carbocycles. The molecule has 0 bridgehead atoms. The largest absolute Gasteiger partial charge is 0.430 e. The number of nitrogens with zero attached hydrogens (tertiary/aromatic N) is 2. The number of nitrogens with two attached hydrogens (primary N) is 1. The molecule has 0 saturated carbocycles. The summed E-state index contributed by atoms with van der Waals surface area (Å²) in [6.07, 6.45) is 1.45. The topological polar surface area (TPSA) is 61.0 Å². The van der Waals surface area contributed by atoms with Gasteiger partial charge in [-0.2, -0.15) is 9.36 Å². The van der Waals surface area contributed by atoms with Crippen LogP contribution in [0.4, 0.5) is 5.69 Å². The number of anilines is 1. The van der Waals surface area contributed by atoms with Crippen molar-refractivity contribution in [1.29, 1.82) is 0 Å². The lowest BCUT2D eigenvalue weighted by Crippen LogP contribution is -1.86. The second-order valence-corrected chi connectivity index (χ2v) is 3.12. The van der Waals surface area contributed by atoms with Gasteiger partial charge in [0, 0.05) is 23.3 Å². The molecule has 1 aromatic heterocycles. The first-order chi connectivity index (χ1) is 6.34. The minimum absolute atomic E-state index is 0.519. The highest BCUT2D eigenvalue weighted by Gasteiger charge is 1.99. The number of ether oxygens (including phenoxy) is 1. The molecule has 0 aliphatic rings. The van der Waals surface area contributed by atoms with Crippen molar-refractivity contribution < 1.29 is 4.74 Å². The third-order valence-electron chi connectivity index (χ3n) is 1.40. The summed E-state index contributed by atoms with van der Waals surface area (Å²) < 4.78 is 9.18. The summed E-state index contributed by atoms with van der Waals surface area (Å²) in [6.45, 7) is 0. The molecule has 0 unspecified atom stereocenters. The maximum Gasteiger partial charge on any atom is 0.298 e. The third kappa shape index (κ3) is 1.94. The van der Waals surface area contributed by atoms with Crippen molar-refractivity contribution in [3.8, 4) is 10.9 Å². The molecular formula is C8H7N3OS. The van der Waals surface area contributed by atoms with E-state index in [4.69, 9.17) is 10.5 Å². The number of nitrogen functional groups attached to an aromatic ring is 1. The van der Waals surface area contributed by atoms with Crippen molar-refractivity contribution in [1.82, 2.24) is 9.36 Å². The van der Waals surface area contributed by atoms with Crippen LogP contribution in [-0.4, -0.2) is 9.36 Å². The Kier molecular flexibility index (Phi) is 2.09. The molecule has 13 heavy (non-hydrogen) atoms. The monoisotopic (exact) mass is 193 g/mol. The quantitative estimate of drug-likeness (QED) is 0.740. The highest BCUT2D eigenvalue weighted by Crippen LogP contribution is 2.22. The van der Waals surface area contributed by atoms with E-state index in [0.717, 1.165) is 0 Å². The van der Waals surface area contributed by atoms with Crippen LogP contribution in [0.3, 0.4) is 0 Å². The van der Waals surface area contributed by atoms with Crippen molar-refractivity contribution in [2.75, 3.05) is 5.73 Å². The predicted molar refractivity (Wildman–Crippen MR) is 50.8 cm³/mol. The molecule has 0 aliphatic heterocycles. The maximum atomic E-state index is 5.57. The summed E-state index contributed by atoms with van der Waals surface area (Å²) >= 11 is 1.20. The molecule has 66 valence electrons. The lowest BCUT2D eigenvalue weighted by molar-refractivity contribution is 0.479. The van der Waals surface area contributed by atoms with Gasteiger partial charge in [-0.25, -0.2) is 0 Å². The Hall–Kier alpha value is -1.62. The molecular weight excluding hydrogens is 186 g/mol. The zero-order valence-electron chi connectivity index (χ0n) is 6.68. The summed E-state index contributed by atoms with van der Waals surface area (Å²) in [4.78, 5) is 3.89. The third-order valence-corrected chi connectivity index (χ3v) is 1.95. The molecule has 0 amide bonds. The van der Waals surface area contributed by atoms with Crippen LogP contribution in [-0.2, 0) is 0 Å². The normalized spacial score (nSPS) is 9.85. The first-order valence-electron chi connectivity index (χ1n) is 3.64. The lowest BCUT2D eigenvalue weighted by Gasteiger charge is -2.00. The smallest absolute Gasteiger partial charge is 0.298 e. The number of rotatable bonds is 2. The molecule has 4 nitrogen and oxygen atoms in total. The van der Waals surface area contributed by atoms with Gasteiger partial charge in [-0.1, -0.05) is 6.07 Å². The first kappa shape index (κ1) is 8.00. The number of hydrogen-bond acceptors (Lipinski definition) is 5. The minimum atomic E-state index is 0.519. The van der Waals surface area contributed by atoms with Crippen LogP contribution < -0.4 is 10.5 Å². The van der Waals surface area contributed by atoms with E-state index >= 15 is 0 Å². The van der Waals surface area contributed by atoms with E-state index < -0.39 is 0 Å². The van der Waals surface area contributed by atoms with E-state index in [2.05, 4.69) is 9.36 Å². The lowest BCUT2D eigenvalue weighted by atomic mass is 10.3.